The Bertz CT molecular complexity index is 561. The summed E-state index contributed by atoms with van der Waals surface area (Å²) in [7, 11) is 0. The van der Waals surface area contributed by atoms with E-state index in [0.717, 1.165) is 0 Å². The molecule has 5 heteroatoms. The molecule has 5 nitrogen and oxygen atoms in total. The lowest BCUT2D eigenvalue weighted by Crippen LogP contribution is -2.34. The summed E-state index contributed by atoms with van der Waals surface area (Å²) in [4.78, 5) is 35.9. The van der Waals surface area contributed by atoms with Crippen LogP contribution >= 0.6 is 0 Å². The average Bonchev–Trinajstić information content (AvgIpc) is 3.14. The Balaban J connectivity index is 1.72. The van der Waals surface area contributed by atoms with Crippen LogP contribution in [-0.4, -0.2) is 34.3 Å². The molecule has 1 heterocycles. The van der Waals surface area contributed by atoms with Crippen LogP contribution in [0.4, 0.5) is 0 Å². The molecule has 3 rings (SSSR count). The van der Waals surface area contributed by atoms with Crippen molar-refractivity contribution < 1.29 is 19.5 Å². The zero-order valence-electron chi connectivity index (χ0n) is 10.2. The van der Waals surface area contributed by atoms with E-state index in [4.69, 9.17) is 5.11 Å². The van der Waals surface area contributed by atoms with Crippen LogP contribution < -0.4 is 0 Å². The standard InChI is InChI=1S/C14H13NO4/c16-12-10-7-11(10)13(17)15(12)6-5-8-3-1-2-4-9(8)14(18)19/h1-4,10-11H,5-7H2,(H,18,19). The van der Waals surface area contributed by atoms with E-state index >= 15 is 0 Å². The third kappa shape index (κ3) is 1.91. The first kappa shape index (κ1) is 11.9. The Morgan fingerprint density at radius 3 is 2.47 bits per heavy atom. The first-order chi connectivity index (χ1) is 9.09. The Morgan fingerprint density at radius 2 is 1.84 bits per heavy atom. The number of carboxylic acids is 1. The van der Waals surface area contributed by atoms with Crippen molar-refractivity contribution in [2.75, 3.05) is 6.54 Å². The third-order valence-corrected chi connectivity index (χ3v) is 3.81. The van der Waals surface area contributed by atoms with E-state index in [9.17, 15) is 14.4 Å². The molecule has 2 atom stereocenters. The number of likely N-dealkylation sites (tertiary alicyclic amines) is 1. The number of amides is 2. The molecule has 19 heavy (non-hydrogen) atoms. The van der Waals surface area contributed by atoms with Crippen molar-refractivity contribution in [2.45, 2.75) is 12.8 Å². The topological polar surface area (TPSA) is 74.7 Å². The number of carbonyl (C=O) groups is 3. The van der Waals surface area contributed by atoms with Crippen LogP contribution in [-0.2, 0) is 16.0 Å². The Kier molecular flexibility index (Phi) is 2.62. The summed E-state index contributed by atoms with van der Waals surface area (Å²) >= 11 is 0. The molecule has 1 N–H and O–H groups in total. The Hall–Kier alpha value is -2.17. The van der Waals surface area contributed by atoms with Gasteiger partial charge in [0.2, 0.25) is 11.8 Å². The number of fused-ring (bicyclic) bond motifs is 1. The fourth-order valence-corrected chi connectivity index (χ4v) is 2.65. The first-order valence-corrected chi connectivity index (χ1v) is 6.26. The van der Waals surface area contributed by atoms with Gasteiger partial charge >= 0.3 is 5.97 Å². The van der Waals surface area contributed by atoms with E-state index in [2.05, 4.69) is 0 Å². The van der Waals surface area contributed by atoms with Gasteiger partial charge in [-0.3, -0.25) is 14.5 Å². The molecule has 2 unspecified atom stereocenters. The van der Waals surface area contributed by atoms with E-state index in [-0.39, 0.29) is 35.8 Å². The van der Waals surface area contributed by atoms with Crippen molar-refractivity contribution in [1.29, 1.82) is 0 Å². The van der Waals surface area contributed by atoms with Crippen LogP contribution in [0.5, 0.6) is 0 Å². The molecule has 2 aliphatic rings. The fourth-order valence-electron chi connectivity index (χ4n) is 2.65. The fraction of sp³-hybridized carbons (Fsp3) is 0.357. The lowest BCUT2D eigenvalue weighted by Gasteiger charge is -2.16. The van der Waals surface area contributed by atoms with E-state index in [1.807, 2.05) is 0 Å². The number of carboxylic acid groups (broad SMARTS) is 1. The first-order valence-electron chi connectivity index (χ1n) is 6.26. The number of hydrogen-bond donors (Lipinski definition) is 1. The molecule has 0 radical (unpaired) electrons. The van der Waals surface area contributed by atoms with Gasteiger partial charge in [0.05, 0.1) is 17.4 Å². The van der Waals surface area contributed by atoms with Gasteiger partial charge in [-0.25, -0.2) is 4.79 Å². The molecule has 98 valence electrons. The smallest absolute Gasteiger partial charge is 0.335 e. The van der Waals surface area contributed by atoms with E-state index in [0.29, 0.717) is 18.4 Å². The molecule has 1 aliphatic carbocycles. The molecule has 2 amide bonds. The summed E-state index contributed by atoms with van der Waals surface area (Å²) in [6.45, 7) is 0.273. The number of rotatable bonds is 4. The van der Waals surface area contributed by atoms with Crippen LogP contribution in [0.25, 0.3) is 0 Å². The van der Waals surface area contributed by atoms with E-state index in [1.54, 1.807) is 18.2 Å². The van der Waals surface area contributed by atoms with Crippen LogP contribution in [0.3, 0.4) is 0 Å². The van der Waals surface area contributed by atoms with Crippen LogP contribution in [0.1, 0.15) is 22.3 Å². The molecular formula is C14H13NO4. The van der Waals surface area contributed by atoms with Crippen LogP contribution in [0.15, 0.2) is 24.3 Å². The summed E-state index contributed by atoms with van der Waals surface area (Å²) < 4.78 is 0. The van der Waals surface area contributed by atoms with E-state index in [1.165, 1.54) is 11.0 Å². The number of hydrogen-bond acceptors (Lipinski definition) is 3. The molecule has 1 aromatic rings. The van der Waals surface area contributed by atoms with Gasteiger partial charge < -0.3 is 5.11 Å². The second-order valence-electron chi connectivity index (χ2n) is 4.99. The van der Waals surface area contributed by atoms with Gasteiger partial charge in [-0.15, -0.1) is 0 Å². The quantitative estimate of drug-likeness (QED) is 0.816. The lowest BCUT2D eigenvalue weighted by molar-refractivity contribution is -0.141. The maximum absolute atomic E-state index is 11.8. The van der Waals surface area contributed by atoms with Crippen LogP contribution in [0.2, 0.25) is 0 Å². The number of nitrogens with zero attached hydrogens (tertiary/aromatic N) is 1. The van der Waals surface area contributed by atoms with Crippen molar-refractivity contribution in [3.05, 3.63) is 35.4 Å². The third-order valence-electron chi connectivity index (χ3n) is 3.81. The Morgan fingerprint density at radius 1 is 1.21 bits per heavy atom. The maximum Gasteiger partial charge on any atom is 0.335 e. The summed E-state index contributed by atoms with van der Waals surface area (Å²) in [5.74, 6) is -1.37. The Labute approximate surface area is 109 Å². The van der Waals surface area contributed by atoms with Crippen molar-refractivity contribution in [3.63, 3.8) is 0 Å². The van der Waals surface area contributed by atoms with Crippen molar-refractivity contribution in [3.8, 4) is 0 Å². The summed E-state index contributed by atoms with van der Waals surface area (Å²) in [5.41, 5.74) is 0.878. The van der Waals surface area contributed by atoms with Crippen molar-refractivity contribution in [2.24, 2.45) is 11.8 Å². The molecule has 2 fully saturated rings. The minimum atomic E-state index is -0.988. The number of imide groups is 1. The molecule has 0 aromatic heterocycles. The zero-order valence-corrected chi connectivity index (χ0v) is 10.2. The van der Waals surface area contributed by atoms with Gasteiger partial charge in [0, 0.05) is 6.54 Å². The SMILES string of the molecule is O=C(O)c1ccccc1CCN1C(=O)C2CC2C1=O. The molecule has 1 saturated heterocycles. The van der Waals surface area contributed by atoms with E-state index < -0.39 is 5.97 Å². The highest BCUT2D eigenvalue weighted by Gasteiger charge is 2.58. The van der Waals surface area contributed by atoms with Crippen LogP contribution in [0, 0.1) is 11.8 Å². The number of carbonyl (C=O) groups excluding carboxylic acids is 2. The molecular weight excluding hydrogens is 246 g/mol. The molecule has 0 spiro atoms. The largest absolute Gasteiger partial charge is 0.478 e. The minimum absolute atomic E-state index is 0.0946. The summed E-state index contributed by atoms with van der Waals surface area (Å²) in [6, 6.07) is 6.67. The summed E-state index contributed by atoms with van der Waals surface area (Å²) in [5, 5.41) is 9.06. The zero-order chi connectivity index (χ0) is 13.6. The molecule has 0 bridgehead atoms. The van der Waals surface area contributed by atoms with Gasteiger partial charge in [-0.05, 0) is 24.5 Å². The van der Waals surface area contributed by atoms with Gasteiger partial charge in [0.1, 0.15) is 0 Å². The number of piperidine rings is 1. The second kappa shape index (κ2) is 4.19. The predicted octanol–water partition coefficient (Wildman–Crippen LogP) is 0.932. The van der Waals surface area contributed by atoms with Gasteiger partial charge in [-0.1, -0.05) is 18.2 Å². The van der Waals surface area contributed by atoms with Gasteiger partial charge in [0.15, 0.2) is 0 Å². The second-order valence-corrected chi connectivity index (χ2v) is 4.99. The predicted molar refractivity (Wildman–Crippen MR) is 65.4 cm³/mol. The highest BCUT2D eigenvalue weighted by molar-refractivity contribution is 6.08. The molecule has 1 saturated carbocycles. The highest BCUT2D eigenvalue weighted by Crippen LogP contribution is 2.46. The summed E-state index contributed by atoms with van der Waals surface area (Å²) in [6.07, 6.45) is 1.08. The van der Waals surface area contributed by atoms with Crippen molar-refractivity contribution >= 4 is 17.8 Å². The maximum atomic E-state index is 11.8. The van der Waals surface area contributed by atoms with Gasteiger partial charge in [-0.2, -0.15) is 0 Å². The van der Waals surface area contributed by atoms with Gasteiger partial charge in [0.25, 0.3) is 0 Å². The monoisotopic (exact) mass is 259 g/mol. The molecule has 1 aromatic carbocycles. The van der Waals surface area contributed by atoms with Crippen molar-refractivity contribution in [1.82, 2.24) is 4.90 Å². The molecule has 1 aliphatic heterocycles. The minimum Gasteiger partial charge on any atom is -0.478 e. The number of benzene rings is 1. The average molecular weight is 259 g/mol. The lowest BCUT2D eigenvalue weighted by atomic mass is 10.0. The normalized spacial score (nSPS) is 24.5. The number of aromatic carboxylic acids is 1. The highest BCUT2D eigenvalue weighted by atomic mass is 16.4.